The normalized spacial score (nSPS) is 12.9. The first-order valence-corrected chi connectivity index (χ1v) is 10.5. The van der Waals surface area contributed by atoms with Crippen molar-refractivity contribution in [2.75, 3.05) is 24.7 Å². The van der Waals surface area contributed by atoms with Crippen LogP contribution in [0.3, 0.4) is 0 Å². The molecule has 10 nitrogen and oxygen atoms in total. The summed E-state index contributed by atoms with van der Waals surface area (Å²) >= 11 is 0. The average Bonchev–Trinajstić information content (AvgIpc) is 3.21. The van der Waals surface area contributed by atoms with Crippen LogP contribution in [0.5, 0.6) is 5.75 Å². The Labute approximate surface area is 189 Å². The van der Waals surface area contributed by atoms with E-state index in [0.29, 0.717) is 42.3 Å². The van der Waals surface area contributed by atoms with Crippen molar-refractivity contribution in [2.45, 2.75) is 20.3 Å². The molecule has 3 aromatic rings. The number of carbonyl (C=O) groups excluding carboxylic acids is 2. The number of non-ortho nitro benzene ring substituents is 1. The molecular weight excluding hydrogens is 428 g/mol. The SMILES string of the molecule is CCOC(=O)c1nn(-c2ccc(OCC)cc2)c2c1CCN(c1ccc([N+](=O)[O-])cc1)C2=O. The highest BCUT2D eigenvalue weighted by atomic mass is 16.6. The fourth-order valence-electron chi connectivity index (χ4n) is 3.76. The van der Waals surface area contributed by atoms with Gasteiger partial charge in [0.2, 0.25) is 0 Å². The number of nitrogens with zero attached hydrogens (tertiary/aromatic N) is 4. The molecule has 10 heteroatoms. The Balaban J connectivity index is 1.77. The number of benzene rings is 2. The summed E-state index contributed by atoms with van der Waals surface area (Å²) in [7, 11) is 0. The minimum Gasteiger partial charge on any atom is -0.494 e. The summed E-state index contributed by atoms with van der Waals surface area (Å²) in [6, 6.07) is 12.8. The second-order valence-corrected chi connectivity index (χ2v) is 7.22. The molecule has 0 radical (unpaired) electrons. The van der Waals surface area contributed by atoms with E-state index in [-0.39, 0.29) is 29.6 Å². The van der Waals surface area contributed by atoms with Crippen molar-refractivity contribution < 1.29 is 24.0 Å². The highest BCUT2D eigenvalue weighted by molar-refractivity contribution is 6.09. The van der Waals surface area contributed by atoms with Crippen LogP contribution in [-0.2, 0) is 11.2 Å². The van der Waals surface area contributed by atoms with Gasteiger partial charge in [0.25, 0.3) is 11.6 Å². The third-order valence-corrected chi connectivity index (χ3v) is 5.25. The smallest absolute Gasteiger partial charge is 0.359 e. The molecular formula is C23H22N4O6. The van der Waals surface area contributed by atoms with Crippen molar-refractivity contribution in [3.8, 4) is 11.4 Å². The van der Waals surface area contributed by atoms with Crippen molar-refractivity contribution in [2.24, 2.45) is 0 Å². The van der Waals surface area contributed by atoms with Gasteiger partial charge in [0, 0.05) is 29.9 Å². The molecule has 4 rings (SSSR count). The fraction of sp³-hybridized carbons (Fsp3) is 0.261. The van der Waals surface area contributed by atoms with E-state index in [4.69, 9.17) is 9.47 Å². The molecule has 0 aliphatic carbocycles. The van der Waals surface area contributed by atoms with E-state index in [9.17, 15) is 19.7 Å². The van der Waals surface area contributed by atoms with Crippen LogP contribution < -0.4 is 9.64 Å². The maximum atomic E-state index is 13.5. The summed E-state index contributed by atoms with van der Waals surface area (Å²) in [6.45, 7) is 4.59. The summed E-state index contributed by atoms with van der Waals surface area (Å²) in [5.41, 5.74) is 1.93. The van der Waals surface area contributed by atoms with Crippen molar-refractivity contribution in [1.29, 1.82) is 0 Å². The van der Waals surface area contributed by atoms with Gasteiger partial charge in [-0.25, -0.2) is 9.48 Å². The lowest BCUT2D eigenvalue weighted by Gasteiger charge is -2.27. The van der Waals surface area contributed by atoms with Gasteiger partial charge in [0.1, 0.15) is 11.4 Å². The van der Waals surface area contributed by atoms with Crippen LogP contribution in [0.4, 0.5) is 11.4 Å². The highest BCUT2D eigenvalue weighted by Gasteiger charge is 2.35. The Morgan fingerprint density at radius 1 is 1.06 bits per heavy atom. The molecule has 0 spiro atoms. The van der Waals surface area contributed by atoms with E-state index in [1.165, 1.54) is 33.8 Å². The van der Waals surface area contributed by atoms with E-state index < -0.39 is 10.9 Å². The highest BCUT2D eigenvalue weighted by Crippen LogP contribution is 2.30. The number of hydrogen-bond donors (Lipinski definition) is 0. The first kappa shape index (κ1) is 22.0. The van der Waals surface area contributed by atoms with Gasteiger partial charge >= 0.3 is 5.97 Å². The zero-order valence-corrected chi connectivity index (χ0v) is 18.2. The number of hydrogen-bond acceptors (Lipinski definition) is 7. The quantitative estimate of drug-likeness (QED) is 0.307. The number of carbonyl (C=O) groups is 2. The molecule has 1 aliphatic heterocycles. The molecule has 0 fully saturated rings. The number of nitro groups is 1. The number of aromatic nitrogens is 2. The number of fused-ring (bicyclic) bond motifs is 1. The molecule has 2 aromatic carbocycles. The molecule has 0 atom stereocenters. The fourth-order valence-corrected chi connectivity index (χ4v) is 3.76. The Kier molecular flexibility index (Phi) is 6.07. The Morgan fingerprint density at radius 2 is 1.73 bits per heavy atom. The minimum absolute atomic E-state index is 0.0621. The summed E-state index contributed by atoms with van der Waals surface area (Å²) < 4.78 is 12.1. The van der Waals surface area contributed by atoms with Crippen LogP contribution in [0.15, 0.2) is 48.5 Å². The average molecular weight is 450 g/mol. The lowest BCUT2D eigenvalue weighted by atomic mass is 10.0. The Morgan fingerprint density at radius 3 is 2.33 bits per heavy atom. The van der Waals surface area contributed by atoms with Gasteiger partial charge in [-0.2, -0.15) is 5.10 Å². The molecule has 0 saturated carbocycles. The van der Waals surface area contributed by atoms with Crippen molar-refractivity contribution in [3.63, 3.8) is 0 Å². The van der Waals surface area contributed by atoms with Crippen LogP contribution in [0, 0.1) is 10.1 Å². The zero-order chi connectivity index (χ0) is 23.5. The molecule has 170 valence electrons. The standard InChI is InChI=1S/C23H22N4O6/c1-3-32-18-11-9-16(10-12-18)26-21-19(20(24-26)23(29)33-4-2)13-14-25(22(21)28)15-5-7-17(8-6-15)27(30)31/h5-12H,3-4,13-14H2,1-2H3. The second-order valence-electron chi connectivity index (χ2n) is 7.22. The molecule has 2 heterocycles. The van der Waals surface area contributed by atoms with Gasteiger partial charge in [0.05, 0.1) is 23.8 Å². The lowest BCUT2D eigenvalue weighted by molar-refractivity contribution is -0.384. The molecule has 1 aromatic heterocycles. The van der Waals surface area contributed by atoms with E-state index in [2.05, 4.69) is 5.10 Å². The summed E-state index contributed by atoms with van der Waals surface area (Å²) in [5.74, 6) is -0.274. The van der Waals surface area contributed by atoms with E-state index in [1.807, 2.05) is 6.92 Å². The number of esters is 1. The van der Waals surface area contributed by atoms with Crippen LogP contribution in [0.2, 0.25) is 0 Å². The number of ether oxygens (including phenoxy) is 2. The third-order valence-electron chi connectivity index (χ3n) is 5.25. The van der Waals surface area contributed by atoms with Gasteiger partial charge in [-0.1, -0.05) is 0 Å². The number of amides is 1. The van der Waals surface area contributed by atoms with E-state index in [0.717, 1.165) is 0 Å². The molecule has 0 saturated heterocycles. The lowest BCUT2D eigenvalue weighted by Crippen LogP contribution is -2.39. The van der Waals surface area contributed by atoms with Crippen LogP contribution in [0.1, 0.15) is 40.4 Å². The van der Waals surface area contributed by atoms with Gasteiger partial charge in [-0.15, -0.1) is 0 Å². The predicted octanol–water partition coefficient (Wildman–Crippen LogP) is 3.56. The second kappa shape index (κ2) is 9.11. The van der Waals surface area contributed by atoms with E-state index in [1.54, 1.807) is 31.2 Å². The van der Waals surface area contributed by atoms with E-state index >= 15 is 0 Å². The number of rotatable bonds is 7. The maximum Gasteiger partial charge on any atom is 0.359 e. The monoisotopic (exact) mass is 450 g/mol. The summed E-state index contributed by atoms with van der Waals surface area (Å²) in [4.78, 5) is 38.1. The maximum absolute atomic E-state index is 13.5. The van der Waals surface area contributed by atoms with Gasteiger partial charge in [-0.05, 0) is 56.7 Å². The topological polar surface area (TPSA) is 117 Å². The molecule has 33 heavy (non-hydrogen) atoms. The summed E-state index contributed by atoms with van der Waals surface area (Å²) in [5, 5.41) is 15.4. The summed E-state index contributed by atoms with van der Waals surface area (Å²) in [6.07, 6.45) is 0.378. The number of nitro benzene ring substituents is 1. The van der Waals surface area contributed by atoms with Crippen molar-refractivity contribution >= 4 is 23.3 Å². The minimum atomic E-state index is -0.588. The molecule has 1 aliphatic rings. The first-order valence-electron chi connectivity index (χ1n) is 10.5. The molecule has 0 unspecified atom stereocenters. The Bertz CT molecular complexity index is 1200. The molecule has 0 N–H and O–H groups in total. The van der Waals surface area contributed by atoms with Gasteiger partial charge in [-0.3, -0.25) is 14.9 Å². The van der Waals surface area contributed by atoms with Crippen molar-refractivity contribution in [1.82, 2.24) is 9.78 Å². The van der Waals surface area contributed by atoms with Gasteiger partial charge < -0.3 is 14.4 Å². The van der Waals surface area contributed by atoms with Gasteiger partial charge in [0.15, 0.2) is 5.69 Å². The van der Waals surface area contributed by atoms with Crippen LogP contribution in [-0.4, -0.2) is 46.3 Å². The molecule has 1 amide bonds. The first-order chi connectivity index (χ1) is 15.9. The zero-order valence-electron chi connectivity index (χ0n) is 18.2. The molecule has 0 bridgehead atoms. The number of anilines is 1. The predicted molar refractivity (Wildman–Crippen MR) is 119 cm³/mol. The van der Waals surface area contributed by atoms with Crippen LogP contribution in [0.25, 0.3) is 5.69 Å². The van der Waals surface area contributed by atoms with Crippen LogP contribution >= 0.6 is 0 Å². The van der Waals surface area contributed by atoms with Crippen molar-refractivity contribution in [3.05, 3.63) is 75.6 Å². The Hall–Kier alpha value is -4.21. The largest absolute Gasteiger partial charge is 0.494 e. The third kappa shape index (κ3) is 4.14.